The Morgan fingerprint density at radius 2 is 0.918 bits per heavy atom. The molecule has 0 saturated heterocycles. The van der Waals surface area contributed by atoms with Gasteiger partial charge in [-0.1, -0.05) is 190 Å². The maximum atomic E-state index is 12.8. The number of carboxylic acids is 1. The molecule has 8 nitrogen and oxygen atoms in total. The standard InChI is InChI=1S/C53H93NO7/c1-6-8-10-12-14-16-18-20-22-23-24-25-26-27-28-30-31-33-35-37-39-41-43-51(55)60-48-49(47-59-46-45-50(53(57)58)54(3,4)5)61-52(56)44-42-40-38-36-34-32-29-21-19-17-15-13-11-9-7-2/h8,10,14,16,20,22,24-25,27-28,49-50H,6-7,9,11-13,15,17-19,21,23,26,29-48H2,1-5H3/p+1/b10-8+,16-14+,22-20+,25-24+,28-27+. The first kappa shape index (κ1) is 58.0. The summed E-state index contributed by atoms with van der Waals surface area (Å²) in [5.41, 5.74) is 0. The summed E-state index contributed by atoms with van der Waals surface area (Å²) in [4.78, 5) is 37.1. The number of hydrogen-bond acceptors (Lipinski definition) is 6. The monoisotopic (exact) mass is 857 g/mol. The fourth-order valence-corrected chi connectivity index (χ4v) is 7.12. The summed E-state index contributed by atoms with van der Waals surface area (Å²) in [5.74, 6) is -1.48. The Kier molecular flexibility index (Phi) is 41.5. The van der Waals surface area contributed by atoms with E-state index in [2.05, 4.69) is 74.6 Å². The largest absolute Gasteiger partial charge is 0.477 e. The Morgan fingerprint density at radius 1 is 0.508 bits per heavy atom. The number of nitrogens with zero attached hydrogens (tertiary/aromatic N) is 1. The van der Waals surface area contributed by atoms with E-state index in [1.165, 1.54) is 89.9 Å². The minimum Gasteiger partial charge on any atom is -0.477 e. The highest BCUT2D eigenvalue weighted by molar-refractivity contribution is 5.72. The van der Waals surface area contributed by atoms with Gasteiger partial charge in [0.15, 0.2) is 12.1 Å². The number of carbonyl (C=O) groups is 3. The molecule has 61 heavy (non-hydrogen) atoms. The van der Waals surface area contributed by atoms with Crippen molar-refractivity contribution < 1.29 is 38.2 Å². The lowest BCUT2D eigenvalue weighted by Gasteiger charge is -2.31. The van der Waals surface area contributed by atoms with Gasteiger partial charge >= 0.3 is 17.9 Å². The molecule has 0 aromatic carbocycles. The van der Waals surface area contributed by atoms with Crippen LogP contribution in [0.25, 0.3) is 0 Å². The number of carbonyl (C=O) groups excluding carboxylic acids is 2. The molecule has 0 aromatic rings. The molecule has 0 fully saturated rings. The molecule has 0 aliphatic carbocycles. The van der Waals surface area contributed by atoms with Gasteiger partial charge in [-0.05, 0) is 57.8 Å². The molecular weight excluding hydrogens is 763 g/mol. The molecule has 0 amide bonds. The zero-order valence-electron chi connectivity index (χ0n) is 40.1. The number of allylic oxidation sites excluding steroid dienone is 10. The lowest BCUT2D eigenvalue weighted by atomic mass is 10.0. The molecule has 0 aliphatic heterocycles. The minimum absolute atomic E-state index is 0.0565. The normalized spacial score (nSPS) is 13.4. The third-order valence-corrected chi connectivity index (χ3v) is 10.9. The van der Waals surface area contributed by atoms with E-state index >= 15 is 0 Å². The van der Waals surface area contributed by atoms with Gasteiger partial charge in [0, 0.05) is 19.3 Å². The van der Waals surface area contributed by atoms with E-state index in [-0.39, 0.29) is 36.2 Å². The van der Waals surface area contributed by atoms with E-state index in [1.807, 2.05) is 21.1 Å². The Balaban J connectivity index is 4.28. The summed E-state index contributed by atoms with van der Waals surface area (Å²) in [5, 5.41) is 9.64. The summed E-state index contributed by atoms with van der Waals surface area (Å²) >= 11 is 0. The van der Waals surface area contributed by atoms with Crippen LogP contribution in [0.3, 0.4) is 0 Å². The summed E-state index contributed by atoms with van der Waals surface area (Å²) in [6.45, 7) is 4.62. The molecule has 2 unspecified atom stereocenters. The topological polar surface area (TPSA) is 99.1 Å². The number of aliphatic carboxylic acids is 1. The fourth-order valence-electron chi connectivity index (χ4n) is 7.12. The summed E-state index contributed by atoms with van der Waals surface area (Å²) in [7, 11) is 5.53. The molecule has 0 saturated carbocycles. The second-order valence-corrected chi connectivity index (χ2v) is 17.7. The van der Waals surface area contributed by atoms with Gasteiger partial charge in [-0.15, -0.1) is 0 Å². The number of esters is 2. The number of likely N-dealkylation sites (N-methyl/N-ethyl adjacent to an activating group) is 1. The maximum absolute atomic E-state index is 12.8. The van der Waals surface area contributed by atoms with Crippen molar-refractivity contribution in [1.82, 2.24) is 0 Å². The predicted molar refractivity (Wildman–Crippen MR) is 257 cm³/mol. The van der Waals surface area contributed by atoms with Crippen molar-refractivity contribution in [3.05, 3.63) is 60.8 Å². The van der Waals surface area contributed by atoms with Crippen molar-refractivity contribution in [2.45, 2.75) is 219 Å². The zero-order chi connectivity index (χ0) is 44.9. The van der Waals surface area contributed by atoms with E-state index in [0.717, 1.165) is 83.5 Å². The molecule has 0 rings (SSSR count). The van der Waals surface area contributed by atoms with Crippen molar-refractivity contribution in [2.75, 3.05) is 41.0 Å². The smallest absolute Gasteiger partial charge is 0.362 e. The van der Waals surface area contributed by atoms with Crippen LogP contribution in [0.15, 0.2) is 60.8 Å². The highest BCUT2D eigenvalue weighted by atomic mass is 16.6. The van der Waals surface area contributed by atoms with Crippen LogP contribution in [0.5, 0.6) is 0 Å². The Bertz CT molecular complexity index is 1180. The highest BCUT2D eigenvalue weighted by Gasteiger charge is 2.31. The second-order valence-electron chi connectivity index (χ2n) is 17.7. The SMILES string of the molecule is CC/C=C/C/C=C/C/C=C/C/C=C/C/C=C/CCCCCCCCC(=O)OCC(COCCC(C(=O)O)[N+](C)(C)C)OC(=O)CCCCCCCCCCCCCCCCC. The Morgan fingerprint density at radius 3 is 1.36 bits per heavy atom. The molecule has 8 heteroatoms. The first-order valence-corrected chi connectivity index (χ1v) is 24.8. The maximum Gasteiger partial charge on any atom is 0.362 e. The van der Waals surface area contributed by atoms with Crippen LogP contribution in [0.1, 0.15) is 206 Å². The molecular formula is C53H94NO7+. The van der Waals surface area contributed by atoms with E-state index in [9.17, 15) is 19.5 Å². The van der Waals surface area contributed by atoms with Crippen molar-refractivity contribution in [2.24, 2.45) is 0 Å². The quantitative estimate of drug-likeness (QED) is 0.0282. The van der Waals surface area contributed by atoms with Crippen LogP contribution < -0.4 is 0 Å². The predicted octanol–water partition coefficient (Wildman–Crippen LogP) is 14.1. The summed E-state index contributed by atoms with van der Waals surface area (Å²) < 4.78 is 17.3. The molecule has 0 spiro atoms. The third-order valence-electron chi connectivity index (χ3n) is 10.9. The van der Waals surface area contributed by atoms with Crippen LogP contribution in [-0.4, -0.2) is 80.6 Å². The molecule has 0 aromatic heterocycles. The number of ether oxygens (including phenoxy) is 3. The van der Waals surface area contributed by atoms with E-state index in [4.69, 9.17) is 14.2 Å². The minimum atomic E-state index is -0.877. The van der Waals surface area contributed by atoms with Crippen LogP contribution in [0.4, 0.5) is 0 Å². The first-order valence-electron chi connectivity index (χ1n) is 24.8. The lowest BCUT2D eigenvalue weighted by Crippen LogP contribution is -2.50. The van der Waals surface area contributed by atoms with Crippen LogP contribution in [0, 0.1) is 0 Å². The first-order chi connectivity index (χ1) is 29.6. The van der Waals surface area contributed by atoms with Gasteiger partial charge in [0.25, 0.3) is 0 Å². The third kappa shape index (κ3) is 42.1. The zero-order valence-corrected chi connectivity index (χ0v) is 40.1. The molecule has 0 radical (unpaired) electrons. The summed E-state index contributed by atoms with van der Waals surface area (Å²) in [6, 6.07) is -0.618. The van der Waals surface area contributed by atoms with Gasteiger partial charge in [0.1, 0.15) is 6.61 Å². The number of hydrogen-bond donors (Lipinski definition) is 1. The van der Waals surface area contributed by atoms with E-state index in [0.29, 0.717) is 19.3 Å². The van der Waals surface area contributed by atoms with Gasteiger partial charge in [0.05, 0.1) is 34.4 Å². The van der Waals surface area contributed by atoms with Crippen molar-refractivity contribution in [3.63, 3.8) is 0 Å². The second kappa shape index (κ2) is 43.7. The van der Waals surface area contributed by atoms with E-state index < -0.39 is 18.1 Å². The number of rotatable bonds is 44. The lowest BCUT2D eigenvalue weighted by molar-refractivity contribution is -0.887. The highest BCUT2D eigenvalue weighted by Crippen LogP contribution is 2.15. The number of carboxylic acid groups (broad SMARTS) is 1. The van der Waals surface area contributed by atoms with Crippen molar-refractivity contribution in [1.29, 1.82) is 0 Å². The Labute approximate surface area is 375 Å². The number of quaternary nitrogens is 1. The molecule has 0 bridgehead atoms. The molecule has 1 N–H and O–H groups in total. The molecule has 352 valence electrons. The average molecular weight is 857 g/mol. The summed E-state index contributed by atoms with van der Waals surface area (Å²) in [6.07, 6.45) is 54.0. The molecule has 2 atom stereocenters. The molecule has 0 heterocycles. The van der Waals surface area contributed by atoms with Gasteiger partial charge in [0.2, 0.25) is 0 Å². The van der Waals surface area contributed by atoms with Crippen molar-refractivity contribution in [3.8, 4) is 0 Å². The van der Waals surface area contributed by atoms with Gasteiger partial charge in [-0.25, -0.2) is 4.79 Å². The van der Waals surface area contributed by atoms with E-state index in [1.54, 1.807) is 0 Å². The van der Waals surface area contributed by atoms with Gasteiger partial charge < -0.3 is 23.8 Å². The Hall–Kier alpha value is -2.97. The van der Waals surface area contributed by atoms with Crippen LogP contribution >= 0.6 is 0 Å². The van der Waals surface area contributed by atoms with Crippen molar-refractivity contribution >= 4 is 17.9 Å². The van der Waals surface area contributed by atoms with Gasteiger partial charge in [-0.2, -0.15) is 0 Å². The van der Waals surface area contributed by atoms with Gasteiger partial charge in [-0.3, -0.25) is 9.59 Å². The average Bonchev–Trinajstić information content (AvgIpc) is 3.22. The van der Waals surface area contributed by atoms with Crippen LogP contribution in [-0.2, 0) is 28.6 Å². The molecule has 0 aliphatic rings. The van der Waals surface area contributed by atoms with Crippen LogP contribution in [0.2, 0.25) is 0 Å². The number of unbranched alkanes of at least 4 members (excludes halogenated alkanes) is 20. The fraction of sp³-hybridized carbons (Fsp3) is 0.755.